The van der Waals surface area contributed by atoms with Crippen LogP contribution in [0.3, 0.4) is 0 Å². The zero-order valence-electron chi connectivity index (χ0n) is 8.92. The van der Waals surface area contributed by atoms with Crippen LogP contribution in [-0.4, -0.2) is 29.7 Å². The highest BCUT2D eigenvalue weighted by Crippen LogP contribution is 2.18. The SMILES string of the molecule is CC(C)(C)CCOC(O)CCCO. The molecule has 0 spiro atoms. The minimum absolute atomic E-state index is 0.111. The second-order valence-corrected chi connectivity index (χ2v) is 4.50. The average Bonchev–Trinajstić information content (AvgIpc) is 1.98. The molecule has 0 saturated carbocycles. The molecule has 0 radical (unpaired) electrons. The van der Waals surface area contributed by atoms with Gasteiger partial charge in [-0.2, -0.15) is 0 Å². The van der Waals surface area contributed by atoms with Crippen molar-refractivity contribution in [2.75, 3.05) is 13.2 Å². The van der Waals surface area contributed by atoms with E-state index in [0.717, 1.165) is 6.42 Å². The Morgan fingerprint density at radius 3 is 2.38 bits per heavy atom. The van der Waals surface area contributed by atoms with Crippen LogP contribution in [0.5, 0.6) is 0 Å². The van der Waals surface area contributed by atoms with Crippen molar-refractivity contribution in [3.05, 3.63) is 0 Å². The molecule has 0 fully saturated rings. The van der Waals surface area contributed by atoms with Gasteiger partial charge < -0.3 is 14.9 Å². The monoisotopic (exact) mass is 190 g/mol. The van der Waals surface area contributed by atoms with Gasteiger partial charge in [-0.15, -0.1) is 0 Å². The summed E-state index contributed by atoms with van der Waals surface area (Å²) < 4.78 is 5.16. The lowest BCUT2D eigenvalue weighted by molar-refractivity contribution is -0.110. The maximum atomic E-state index is 9.24. The molecule has 0 bridgehead atoms. The quantitative estimate of drug-likeness (QED) is 0.624. The maximum absolute atomic E-state index is 9.24. The van der Waals surface area contributed by atoms with E-state index in [-0.39, 0.29) is 12.0 Å². The van der Waals surface area contributed by atoms with E-state index >= 15 is 0 Å². The van der Waals surface area contributed by atoms with Gasteiger partial charge in [0.25, 0.3) is 0 Å². The molecular weight excluding hydrogens is 168 g/mol. The summed E-state index contributed by atoms with van der Waals surface area (Å²) in [5, 5.41) is 17.7. The third-order valence-electron chi connectivity index (χ3n) is 1.77. The second-order valence-electron chi connectivity index (χ2n) is 4.50. The van der Waals surface area contributed by atoms with Gasteiger partial charge in [-0.05, 0) is 18.3 Å². The molecule has 3 heteroatoms. The zero-order chi connectivity index (χ0) is 10.3. The lowest BCUT2D eigenvalue weighted by Gasteiger charge is -2.19. The van der Waals surface area contributed by atoms with Gasteiger partial charge in [0.05, 0.1) is 6.61 Å². The van der Waals surface area contributed by atoms with E-state index in [1.165, 1.54) is 0 Å². The lowest BCUT2D eigenvalue weighted by atomic mass is 9.93. The van der Waals surface area contributed by atoms with E-state index in [4.69, 9.17) is 9.84 Å². The predicted molar refractivity (Wildman–Crippen MR) is 52.4 cm³/mol. The number of ether oxygens (including phenoxy) is 1. The van der Waals surface area contributed by atoms with Crippen LogP contribution in [-0.2, 0) is 4.74 Å². The standard InChI is InChI=1S/C10H22O3/c1-10(2,3)6-8-13-9(12)5-4-7-11/h9,11-12H,4-8H2,1-3H3. The number of hydrogen-bond acceptors (Lipinski definition) is 3. The summed E-state index contributed by atoms with van der Waals surface area (Å²) in [4.78, 5) is 0. The third-order valence-corrected chi connectivity index (χ3v) is 1.77. The molecule has 0 aliphatic carbocycles. The molecule has 80 valence electrons. The molecule has 2 N–H and O–H groups in total. The van der Waals surface area contributed by atoms with Crippen molar-refractivity contribution >= 4 is 0 Å². The normalized spacial score (nSPS) is 14.5. The summed E-state index contributed by atoms with van der Waals surface area (Å²) in [6.45, 7) is 7.10. The Hall–Kier alpha value is -0.120. The Labute approximate surface area is 80.7 Å². The highest BCUT2D eigenvalue weighted by molar-refractivity contribution is 4.60. The van der Waals surface area contributed by atoms with Gasteiger partial charge in [0.1, 0.15) is 0 Å². The van der Waals surface area contributed by atoms with Crippen molar-refractivity contribution in [3.63, 3.8) is 0 Å². The van der Waals surface area contributed by atoms with Gasteiger partial charge >= 0.3 is 0 Å². The predicted octanol–water partition coefficient (Wildman–Crippen LogP) is 1.53. The van der Waals surface area contributed by atoms with E-state index < -0.39 is 6.29 Å². The fourth-order valence-electron chi connectivity index (χ4n) is 0.850. The summed E-state index contributed by atoms with van der Waals surface area (Å²) in [6, 6.07) is 0. The summed E-state index contributed by atoms with van der Waals surface area (Å²) in [7, 11) is 0. The molecule has 0 aliphatic rings. The Balaban J connectivity index is 3.31. The smallest absolute Gasteiger partial charge is 0.154 e. The van der Waals surface area contributed by atoms with E-state index in [2.05, 4.69) is 20.8 Å². The first-order valence-electron chi connectivity index (χ1n) is 4.86. The molecule has 0 aromatic heterocycles. The highest BCUT2D eigenvalue weighted by Gasteiger charge is 2.11. The van der Waals surface area contributed by atoms with Crippen LogP contribution in [0.4, 0.5) is 0 Å². The van der Waals surface area contributed by atoms with Crippen LogP contribution in [0.15, 0.2) is 0 Å². The van der Waals surface area contributed by atoms with Gasteiger partial charge in [-0.3, -0.25) is 0 Å². The summed E-state index contributed by atoms with van der Waals surface area (Å²) in [5.74, 6) is 0. The number of aliphatic hydroxyl groups excluding tert-OH is 2. The highest BCUT2D eigenvalue weighted by atomic mass is 16.6. The molecule has 0 heterocycles. The van der Waals surface area contributed by atoms with Crippen molar-refractivity contribution < 1.29 is 14.9 Å². The molecule has 0 aliphatic heterocycles. The van der Waals surface area contributed by atoms with Crippen molar-refractivity contribution in [2.24, 2.45) is 5.41 Å². The fraction of sp³-hybridized carbons (Fsp3) is 1.00. The molecule has 0 rings (SSSR count). The van der Waals surface area contributed by atoms with Crippen LogP contribution < -0.4 is 0 Å². The van der Waals surface area contributed by atoms with Crippen LogP contribution in [0.25, 0.3) is 0 Å². The maximum Gasteiger partial charge on any atom is 0.154 e. The second kappa shape index (κ2) is 6.35. The largest absolute Gasteiger partial charge is 0.396 e. The third kappa shape index (κ3) is 9.80. The van der Waals surface area contributed by atoms with Gasteiger partial charge in [0, 0.05) is 13.0 Å². The molecule has 0 amide bonds. The Morgan fingerprint density at radius 1 is 1.31 bits per heavy atom. The topological polar surface area (TPSA) is 49.7 Å². The van der Waals surface area contributed by atoms with E-state index in [1.54, 1.807) is 0 Å². The van der Waals surface area contributed by atoms with Crippen molar-refractivity contribution in [2.45, 2.75) is 46.3 Å². The molecule has 1 atom stereocenters. The van der Waals surface area contributed by atoms with Crippen LogP contribution in [0, 0.1) is 5.41 Å². The molecule has 1 unspecified atom stereocenters. The van der Waals surface area contributed by atoms with Crippen LogP contribution >= 0.6 is 0 Å². The van der Waals surface area contributed by atoms with E-state index in [0.29, 0.717) is 19.4 Å². The first-order chi connectivity index (χ1) is 5.95. The van der Waals surface area contributed by atoms with Crippen molar-refractivity contribution in [1.82, 2.24) is 0 Å². The minimum atomic E-state index is -0.713. The van der Waals surface area contributed by atoms with Gasteiger partial charge in [-0.1, -0.05) is 20.8 Å². The molecule has 0 aromatic rings. The van der Waals surface area contributed by atoms with Gasteiger partial charge in [0.15, 0.2) is 6.29 Å². The fourth-order valence-corrected chi connectivity index (χ4v) is 0.850. The Bertz CT molecular complexity index is 118. The zero-order valence-corrected chi connectivity index (χ0v) is 8.92. The molecule has 13 heavy (non-hydrogen) atoms. The summed E-state index contributed by atoms with van der Waals surface area (Å²) in [6.07, 6.45) is 1.33. The van der Waals surface area contributed by atoms with Crippen molar-refractivity contribution in [1.29, 1.82) is 0 Å². The molecule has 3 nitrogen and oxygen atoms in total. The van der Waals surface area contributed by atoms with Crippen LogP contribution in [0.2, 0.25) is 0 Å². The average molecular weight is 190 g/mol. The summed E-state index contributed by atoms with van der Waals surface area (Å²) in [5.41, 5.74) is 0.247. The van der Waals surface area contributed by atoms with Crippen LogP contribution in [0.1, 0.15) is 40.0 Å². The number of rotatable bonds is 6. The lowest BCUT2D eigenvalue weighted by Crippen LogP contribution is -2.17. The van der Waals surface area contributed by atoms with Crippen molar-refractivity contribution in [3.8, 4) is 0 Å². The number of hydrogen-bond donors (Lipinski definition) is 2. The van der Waals surface area contributed by atoms with Gasteiger partial charge in [-0.25, -0.2) is 0 Å². The molecule has 0 aromatic carbocycles. The first kappa shape index (κ1) is 12.9. The molecular formula is C10H22O3. The first-order valence-corrected chi connectivity index (χ1v) is 4.86. The minimum Gasteiger partial charge on any atom is -0.396 e. The Kier molecular flexibility index (Phi) is 6.29. The van der Waals surface area contributed by atoms with E-state index in [9.17, 15) is 5.11 Å². The summed E-state index contributed by atoms with van der Waals surface area (Å²) >= 11 is 0. The van der Waals surface area contributed by atoms with Gasteiger partial charge in [0.2, 0.25) is 0 Å². The molecule has 0 saturated heterocycles. The van der Waals surface area contributed by atoms with E-state index in [1.807, 2.05) is 0 Å². The Morgan fingerprint density at radius 2 is 1.92 bits per heavy atom. The number of aliphatic hydroxyl groups is 2.